The summed E-state index contributed by atoms with van der Waals surface area (Å²) in [7, 11) is 0. The predicted molar refractivity (Wildman–Crippen MR) is 97.5 cm³/mol. The van der Waals surface area contributed by atoms with Crippen LogP contribution in [0.1, 0.15) is 23.6 Å². The van der Waals surface area contributed by atoms with Crippen LogP contribution in [0.25, 0.3) is 0 Å². The minimum absolute atomic E-state index is 0.0510. The van der Waals surface area contributed by atoms with Crippen molar-refractivity contribution in [1.82, 2.24) is 5.32 Å². The molecule has 8 heteroatoms. The van der Waals surface area contributed by atoms with Gasteiger partial charge in [-0.15, -0.1) is 0 Å². The lowest BCUT2D eigenvalue weighted by Crippen LogP contribution is -2.40. The van der Waals surface area contributed by atoms with Crippen LogP contribution in [0.4, 0.5) is 18.9 Å². The second-order valence-corrected chi connectivity index (χ2v) is 6.38. The zero-order chi connectivity index (χ0) is 20.2. The number of rotatable bonds is 5. The average Bonchev–Trinajstić information content (AvgIpc) is 2.58. The van der Waals surface area contributed by atoms with E-state index >= 15 is 0 Å². The Morgan fingerprint density at radius 1 is 1.15 bits per heavy atom. The molecular formula is C19H18ClF3N2O2. The second-order valence-electron chi connectivity index (χ2n) is 5.97. The number of nitrogens with one attached hydrogen (secondary N) is 1. The van der Waals surface area contributed by atoms with Crippen LogP contribution in [-0.4, -0.2) is 18.4 Å². The van der Waals surface area contributed by atoms with Gasteiger partial charge in [0.05, 0.1) is 16.3 Å². The van der Waals surface area contributed by atoms with Gasteiger partial charge in [0.2, 0.25) is 11.8 Å². The molecule has 0 saturated heterocycles. The molecular weight excluding hydrogens is 381 g/mol. The van der Waals surface area contributed by atoms with Crippen LogP contribution in [0.5, 0.6) is 0 Å². The Bertz CT molecular complexity index is 853. The molecule has 1 N–H and O–H groups in total. The van der Waals surface area contributed by atoms with Crippen LogP contribution in [0, 0.1) is 6.92 Å². The normalized spacial score (nSPS) is 11.2. The van der Waals surface area contributed by atoms with E-state index in [-0.39, 0.29) is 17.3 Å². The third-order valence-electron chi connectivity index (χ3n) is 3.98. The van der Waals surface area contributed by atoms with Crippen LogP contribution < -0.4 is 10.2 Å². The van der Waals surface area contributed by atoms with Crippen molar-refractivity contribution in [3.63, 3.8) is 0 Å². The Morgan fingerprint density at radius 2 is 1.81 bits per heavy atom. The summed E-state index contributed by atoms with van der Waals surface area (Å²) < 4.78 is 38.8. The zero-order valence-corrected chi connectivity index (χ0v) is 15.5. The molecule has 0 unspecified atom stereocenters. The summed E-state index contributed by atoms with van der Waals surface area (Å²) in [6.45, 7) is 2.85. The molecule has 2 aromatic rings. The zero-order valence-electron chi connectivity index (χ0n) is 14.7. The van der Waals surface area contributed by atoms with Crippen LogP contribution in [-0.2, 0) is 22.3 Å². The van der Waals surface area contributed by atoms with Gasteiger partial charge in [-0.25, -0.2) is 0 Å². The topological polar surface area (TPSA) is 49.4 Å². The van der Waals surface area contributed by atoms with Gasteiger partial charge >= 0.3 is 6.18 Å². The van der Waals surface area contributed by atoms with Gasteiger partial charge in [0.15, 0.2) is 0 Å². The maximum absolute atomic E-state index is 12.9. The lowest BCUT2D eigenvalue weighted by Gasteiger charge is -2.23. The van der Waals surface area contributed by atoms with Gasteiger partial charge in [0.1, 0.15) is 6.54 Å². The number of nitrogens with zero attached hydrogens (tertiary/aromatic N) is 1. The molecule has 0 aromatic heterocycles. The molecule has 144 valence electrons. The molecule has 0 aliphatic carbocycles. The largest absolute Gasteiger partial charge is 0.416 e. The fourth-order valence-corrected chi connectivity index (χ4v) is 2.68. The highest BCUT2D eigenvalue weighted by molar-refractivity contribution is 6.34. The molecule has 0 aliphatic heterocycles. The summed E-state index contributed by atoms with van der Waals surface area (Å²) in [5.41, 5.74) is 0.776. The van der Waals surface area contributed by atoms with Crippen molar-refractivity contribution in [1.29, 1.82) is 0 Å². The van der Waals surface area contributed by atoms with Crippen molar-refractivity contribution in [2.75, 3.05) is 11.4 Å². The average molecular weight is 399 g/mol. The number of hydrogen-bond acceptors (Lipinski definition) is 2. The van der Waals surface area contributed by atoms with Crippen molar-refractivity contribution in [2.24, 2.45) is 0 Å². The van der Waals surface area contributed by atoms with E-state index in [4.69, 9.17) is 11.6 Å². The fraction of sp³-hybridized carbons (Fsp3) is 0.263. The number of benzene rings is 2. The van der Waals surface area contributed by atoms with E-state index in [9.17, 15) is 22.8 Å². The highest BCUT2D eigenvalue weighted by Crippen LogP contribution is 2.35. The first kappa shape index (κ1) is 20.8. The molecule has 2 aromatic carbocycles. The lowest BCUT2D eigenvalue weighted by molar-refractivity contribution is -0.137. The van der Waals surface area contributed by atoms with Crippen molar-refractivity contribution >= 4 is 29.1 Å². The third kappa shape index (κ3) is 5.47. The van der Waals surface area contributed by atoms with Crippen molar-refractivity contribution in [2.45, 2.75) is 26.6 Å². The number of hydrogen-bond donors (Lipinski definition) is 1. The molecule has 0 atom stereocenters. The first-order chi connectivity index (χ1) is 12.6. The summed E-state index contributed by atoms with van der Waals surface area (Å²) in [6, 6.07) is 10.1. The minimum atomic E-state index is -4.59. The summed E-state index contributed by atoms with van der Waals surface area (Å²) in [5, 5.41) is 2.61. The highest BCUT2D eigenvalue weighted by atomic mass is 35.5. The fourth-order valence-electron chi connectivity index (χ4n) is 2.46. The molecule has 4 nitrogen and oxygen atoms in total. The van der Waals surface area contributed by atoms with Gasteiger partial charge in [-0.3, -0.25) is 9.59 Å². The van der Waals surface area contributed by atoms with Crippen LogP contribution in [0.15, 0.2) is 42.5 Å². The lowest BCUT2D eigenvalue weighted by atomic mass is 10.1. The minimum Gasteiger partial charge on any atom is -0.350 e. The van der Waals surface area contributed by atoms with Crippen LogP contribution in [0.3, 0.4) is 0 Å². The number of aryl methyl sites for hydroxylation is 1. The first-order valence-electron chi connectivity index (χ1n) is 8.05. The molecule has 27 heavy (non-hydrogen) atoms. The van der Waals surface area contributed by atoms with E-state index in [1.165, 1.54) is 0 Å². The van der Waals surface area contributed by atoms with E-state index < -0.39 is 30.1 Å². The highest BCUT2D eigenvalue weighted by Gasteiger charge is 2.32. The van der Waals surface area contributed by atoms with Gasteiger partial charge in [-0.2, -0.15) is 13.2 Å². The summed E-state index contributed by atoms with van der Waals surface area (Å²) >= 11 is 5.97. The van der Waals surface area contributed by atoms with E-state index in [2.05, 4.69) is 5.32 Å². The van der Waals surface area contributed by atoms with Gasteiger partial charge in [-0.1, -0.05) is 35.9 Å². The molecule has 0 heterocycles. The Balaban J connectivity index is 2.17. The van der Waals surface area contributed by atoms with Crippen molar-refractivity contribution in [3.8, 4) is 0 Å². The van der Waals surface area contributed by atoms with Crippen molar-refractivity contribution < 1.29 is 22.8 Å². The number of anilines is 1. The molecule has 0 bridgehead atoms. The Morgan fingerprint density at radius 3 is 2.41 bits per heavy atom. The van der Waals surface area contributed by atoms with Gasteiger partial charge in [0, 0.05) is 13.5 Å². The predicted octanol–water partition coefficient (Wildman–Crippen LogP) is 4.34. The SMILES string of the molecule is CC(=O)N(CC(=O)NCc1ccccc1C)c1cc(C(F)(F)F)ccc1Cl. The smallest absolute Gasteiger partial charge is 0.350 e. The molecule has 0 saturated carbocycles. The quantitative estimate of drug-likeness (QED) is 0.814. The molecule has 0 spiro atoms. The van der Waals surface area contributed by atoms with Gasteiger partial charge < -0.3 is 10.2 Å². The van der Waals surface area contributed by atoms with E-state index in [1.54, 1.807) is 0 Å². The van der Waals surface area contributed by atoms with E-state index in [0.717, 1.165) is 41.1 Å². The molecule has 0 radical (unpaired) electrons. The first-order valence-corrected chi connectivity index (χ1v) is 8.43. The molecule has 0 aliphatic rings. The van der Waals surface area contributed by atoms with Crippen LogP contribution >= 0.6 is 11.6 Å². The Kier molecular flexibility index (Phi) is 6.49. The number of halogens is 4. The second kappa shape index (κ2) is 8.43. The number of carbonyl (C=O) groups excluding carboxylic acids is 2. The molecule has 2 rings (SSSR count). The summed E-state index contributed by atoms with van der Waals surface area (Å²) in [4.78, 5) is 25.1. The van der Waals surface area contributed by atoms with E-state index in [1.807, 2.05) is 31.2 Å². The van der Waals surface area contributed by atoms with E-state index in [0.29, 0.717) is 0 Å². The maximum atomic E-state index is 12.9. The molecule has 0 fully saturated rings. The standard InChI is InChI=1S/C19H18ClF3N2O2/c1-12-5-3-4-6-14(12)10-24-18(27)11-25(13(2)26)17-9-15(19(21,22)23)7-8-16(17)20/h3-9H,10-11H2,1-2H3,(H,24,27). The van der Waals surface area contributed by atoms with Gasteiger partial charge in [0.25, 0.3) is 0 Å². The Labute approximate surface area is 159 Å². The number of alkyl halides is 3. The van der Waals surface area contributed by atoms with Crippen LogP contribution in [0.2, 0.25) is 5.02 Å². The maximum Gasteiger partial charge on any atom is 0.416 e. The van der Waals surface area contributed by atoms with Crippen molar-refractivity contribution in [3.05, 3.63) is 64.2 Å². The monoisotopic (exact) mass is 398 g/mol. The number of amides is 2. The summed E-state index contributed by atoms with van der Waals surface area (Å²) in [5.74, 6) is -1.11. The van der Waals surface area contributed by atoms with Gasteiger partial charge in [-0.05, 0) is 36.2 Å². The molecule has 2 amide bonds. The Hall–Kier alpha value is -2.54. The summed E-state index contributed by atoms with van der Waals surface area (Å²) in [6.07, 6.45) is -4.59. The number of carbonyl (C=O) groups is 2. The third-order valence-corrected chi connectivity index (χ3v) is 4.30.